The molecule has 2 aliphatic heterocycles. The smallest absolute Gasteiger partial charge is 0.287 e. The van der Waals surface area contributed by atoms with E-state index in [1.807, 2.05) is 0 Å². The van der Waals surface area contributed by atoms with E-state index in [2.05, 4.69) is 5.32 Å². The zero-order valence-corrected chi connectivity index (χ0v) is 16.6. The molecule has 29 heavy (non-hydrogen) atoms. The first kappa shape index (κ1) is 20.4. The molecule has 3 N–H and O–H groups in total. The molecule has 0 radical (unpaired) electrons. The molecule has 2 atom stereocenters. The molecule has 3 amide bonds. The van der Waals surface area contributed by atoms with Crippen LogP contribution in [0.5, 0.6) is 17.2 Å². The number of nitrogens with one attached hydrogen (secondary N) is 1. The first-order valence-electron chi connectivity index (χ1n) is 9.06. The maximum Gasteiger partial charge on any atom is 0.287 e. The lowest BCUT2D eigenvalue weighted by Crippen LogP contribution is -2.63. The second-order valence-electron chi connectivity index (χ2n) is 7.24. The summed E-state index contributed by atoms with van der Waals surface area (Å²) in [5, 5.41) is 23.6. The summed E-state index contributed by atoms with van der Waals surface area (Å²) in [6.07, 6.45) is 0.0325. The summed E-state index contributed by atoms with van der Waals surface area (Å²) in [6, 6.07) is -1.79. The summed E-state index contributed by atoms with van der Waals surface area (Å²) in [7, 11) is 2.85. The van der Waals surface area contributed by atoms with Gasteiger partial charge in [0.15, 0.2) is 11.5 Å². The summed E-state index contributed by atoms with van der Waals surface area (Å²) >= 11 is 0. The maximum absolute atomic E-state index is 12.8. The number of carbonyl (C=O) groups is 4. The fraction of sp³-hybridized carbons (Fsp3) is 0.474. The molecular formula is C19H23N3O7. The van der Waals surface area contributed by atoms with Crippen molar-refractivity contribution in [3.8, 4) is 17.2 Å². The highest BCUT2D eigenvalue weighted by molar-refractivity contribution is 6.35. The number of methoxy groups -OCH3 is 1. The van der Waals surface area contributed by atoms with Crippen LogP contribution in [0.1, 0.15) is 29.7 Å². The normalized spacial score (nSPS) is 20.8. The van der Waals surface area contributed by atoms with Crippen LogP contribution in [0.3, 0.4) is 0 Å². The van der Waals surface area contributed by atoms with Gasteiger partial charge in [-0.15, -0.1) is 0 Å². The van der Waals surface area contributed by atoms with Gasteiger partial charge in [0.25, 0.3) is 5.91 Å². The molecule has 10 nitrogen and oxygen atoms in total. The number of benzene rings is 1. The second-order valence-corrected chi connectivity index (χ2v) is 7.24. The molecular weight excluding hydrogens is 382 g/mol. The fourth-order valence-corrected chi connectivity index (χ4v) is 4.00. The van der Waals surface area contributed by atoms with Crippen LogP contribution in [0.15, 0.2) is 0 Å². The van der Waals surface area contributed by atoms with Crippen LogP contribution in [0.4, 0.5) is 0 Å². The Morgan fingerprint density at radius 1 is 1.24 bits per heavy atom. The van der Waals surface area contributed by atoms with Gasteiger partial charge in [-0.05, 0) is 6.92 Å². The van der Waals surface area contributed by atoms with Crippen LogP contribution in [-0.4, -0.2) is 76.8 Å². The lowest BCUT2D eigenvalue weighted by Gasteiger charge is -2.47. The number of carbonyl (C=O) groups excluding carboxylic acids is 4. The van der Waals surface area contributed by atoms with Crippen molar-refractivity contribution in [3.05, 3.63) is 16.7 Å². The van der Waals surface area contributed by atoms with Gasteiger partial charge >= 0.3 is 0 Å². The molecule has 1 aromatic carbocycles. The van der Waals surface area contributed by atoms with Gasteiger partial charge in [-0.3, -0.25) is 19.2 Å². The van der Waals surface area contributed by atoms with E-state index in [1.165, 1.54) is 30.9 Å². The Labute approximate surface area is 167 Å². The van der Waals surface area contributed by atoms with Crippen molar-refractivity contribution >= 4 is 23.5 Å². The SMILES string of the molecule is COc1c(O)c(C)c(O)c2c1[C@H](CNC(=O)C(C)=O)N1C(=O)CN(C)C(=O)[C@@H]1C2. The van der Waals surface area contributed by atoms with Gasteiger partial charge in [-0.25, -0.2) is 0 Å². The number of likely N-dealkylation sites (N-methyl/N-ethyl adjacent to an activating group) is 1. The van der Waals surface area contributed by atoms with Crippen molar-refractivity contribution in [2.45, 2.75) is 32.4 Å². The third-order valence-corrected chi connectivity index (χ3v) is 5.48. The van der Waals surface area contributed by atoms with E-state index in [1.54, 1.807) is 0 Å². The van der Waals surface area contributed by atoms with Crippen molar-refractivity contribution in [2.24, 2.45) is 0 Å². The largest absolute Gasteiger partial charge is 0.507 e. The Balaban J connectivity index is 2.20. The molecule has 2 aliphatic rings. The predicted octanol–water partition coefficient (Wildman–Crippen LogP) is -0.614. The Hall–Kier alpha value is -3.30. The molecule has 0 aromatic heterocycles. The summed E-state index contributed by atoms with van der Waals surface area (Å²) < 4.78 is 5.35. The van der Waals surface area contributed by atoms with E-state index >= 15 is 0 Å². The maximum atomic E-state index is 12.8. The first-order valence-corrected chi connectivity index (χ1v) is 9.06. The van der Waals surface area contributed by atoms with Gasteiger partial charge in [-0.2, -0.15) is 0 Å². The quantitative estimate of drug-likeness (QED) is 0.568. The highest BCUT2D eigenvalue weighted by Gasteiger charge is 2.48. The zero-order chi connectivity index (χ0) is 21.6. The molecule has 1 saturated heterocycles. The van der Waals surface area contributed by atoms with Crippen molar-refractivity contribution in [2.75, 3.05) is 27.2 Å². The van der Waals surface area contributed by atoms with Crippen LogP contribution in [0.2, 0.25) is 0 Å². The Bertz CT molecular complexity index is 927. The van der Waals surface area contributed by atoms with E-state index < -0.39 is 23.8 Å². The molecule has 3 rings (SSSR count). The van der Waals surface area contributed by atoms with E-state index in [4.69, 9.17) is 4.74 Å². The number of rotatable bonds is 4. The van der Waals surface area contributed by atoms with Crippen molar-refractivity contribution in [1.29, 1.82) is 0 Å². The van der Waals surface area contributed by atoms with Crippen LogP contribution < -0.4 is 10.1 Å². The van der Waals surface area contributed by atoms with E-state index in [0.29, 0.717) is 11.1 Å². The number of nitrogens with zero attached hydrogens (tertiary/aromatic N) is 2. The number of fused-ring (bicyclic) bond motifs is 2. The molecule has 10 heteroatoms. The lowest BCUT2D eigenvalue weighted by molar-refractivity contribution is -0.158. The van der Waals surface area contributed by atoms with Gasteiger partial charge in [0.05, 0.1) is 19.7 Å². The van der Waals surface area contributed by atoms with Crippen LogP contribution in [-0.2, 0) is 25.6 Å². The summed E-state index contributed by atoms with van der Waals surface area (Å²) in [5.41, 5.74) is 0.847. The number of amides is 3. The third kappa shape index (κ3) is 3.14. The second kappa shape index (κ2) is 7.26. The van der Waals surface area contributed by atoms with E-state index in [-0.39, 0.29) is 54.1 Å². The van der Waals surface area contributed by atoms with Crippen molar-refractivity contribution < 1.29 is 34.1 Å². The van der Waals surface area contributed by atoms with Crippen LogP contribution in [0.25, 0.3) is 0 Å². The molecule has 2 heterocycles. The van der Waals surface area contributed by atoms with E-state index in [9.17, 15) is 29.4 Å². The molecule has 0 spiro atoms. The Morgan fingerprint density at radius 2 is 1.90 bits per heavy atom. The minimum absolute atomic E-state index is 0.0325. The van der Waals surface area contributed by atoms with Crippen molar-refractivity contribution in [3.63, 3.8) is 0 Å². The number of hydrogen-bond donors (Lipinski definition) is 3. The number of piperazine rings is 1. The van der Waals surface area contributed by atoms with Gasteiger partial charge in [-0.1, -0.05) is 0 Å². The van der Waals surface area contributed by atoms with Crippen LogP contribution >= 0.6 is 0 Å². The summed E-state index contributed by atoms with van der Waals surface area (Å²) in [4.78, 5) is 51.4. The highest BCUT2D eigenvalue weighted by atomic mass is 16.5. The Kier molecular flexibility index (Phi) is 5.12. The third-order valence-electron chi connectivity index (χ3n) is 5.48. The molecule has 1 fully saturated rings. The van der Waals surface area contributed by atoms with Crippen molar-refractivity contribution in [1.82, 2.24) is 15.1 Å². The lowest BCUT2D eigenvalue weighted by atomic mass is 9.83. The molecule has 0 saturated carbocycles. The van der Waals surface area contributed by atoms with Crippen LogP contribution in [0, 0.1) is 6.92 Å². The average molecular weight is 405 g/mol. The minimum atomic E-state index is -0.912. The summed E-state index contributed by atoms with van der Waals surface area (Å²) in [5.74, 6) is -2.66. The molecule has 1 aromatic rings. The highest BCUT2D eigenvalue weighted by Crippen LogP contribution is 2.50. The predicted molar refractivity (Wildman–Crippen MR) is 99.5 cm³/mol. The first-order chi connectivity index (χ1) is 13.6. The monoisotopic (exact) mass is 405 g/mol. The standard InChI is InChI=1S/C19H23N3O7/c1-8-15(25)10-5-11-19(28)21(3)7-13(24)22(11)12(6-20-18(27)9(2)23)14(10)17(29-4)16(8)26/h11-12,25-26H,5-7H2,1-4H3,(H,20,27)/t11-,12-/m0/s1. The summed E-state index contributed by atoms with van der Waals surface area (Å²) in [6.45, 7) is 2.28. The molecule has 0 unspecified atom stereocenters. The van der Waals surface area contributed by atoms with Gasteiger partial charge in [0.1, 0.15) is 11.8 Å². The zero-order valence-electron chi connectivity index (χ0n) is 16.6. The van der Waals surface area contributed by atoms with Gasteiger partial charge in [0.2, 0.25) is 17.6 Å². The fourth-order valence-electron chi connectivity index (χ4n) is 4.00. The van der Waals surface area contributed by atoms with Gasteiger partial charge in [0, 0.05) is 43.6 Å². The topological polar surface area (TPSA) is 136 Å². The number of phenols is 2. The number of ether oxygens (including phenoxy) is 1. The molecule has 0 bridgehead atoms. The van der Waals surface area contributed by atoms with E-state index in [0.717, 1.165) is 6.92 Å². The molecule has 0 aliphatic carbocycles. The minimum Gasteiger partial charge on any atom is -0.507 e. The number of aromatic hydroxyl groups is 2. The molecule has 156 valence electrons. The number of Topliss-reactive ketones (excluding diaryl/α,β-unsaturated/α-hetero) is 1. The number of ketones is 1. The average Bonchev–Trinajstić information content (AvgIpc) is 2.68. The number of phenolic OH excluding ortho intramolecular Hbond substituents is 2. The Morgan fingerprint density at radius 3 is 2.48 bits per heavy atom. The van der Waals surface area contributed by atoms with Gasteiger partial charge < -0.3 is 30.1 Å². The number of hydrogen-bond acceptors (Lipinski definition) is 7.